The summed E-state index contributed by atoms with van der Waals surface area (Å²) in [5.74, 6) is 1.61. The molecule has 1 aromatic rings. The molecule has 2 aliphatic rings. The Morgan fingerprint density at radius 1 is 1.46 bits per heavy atom. The molecule has 3 nitrogen and oxygen atoms in total. The van der Waals surface area contributed by atoms with Gasteiger partial charge in [-0.2, -0.15) is 0 Å². The van der Waals surface area contributed by atoms with E-state index >= 15 is 0 Å². The van der Waals surface area contributed by atoms with E-state index in [2.05, 4.69) is 11.4 Å². The normalized spacial score (nSPS) is 25.4. The molecule has 1 fully saturated rings. The molecule has 3 heterocycles. The molecule has 1 atom stereocenters. The number of thiophene rings is 1. The highest BCUT2D eigenvalue weighted by atomic mass is 32.1. The summed E-state index contributed by atoms with van der Waals surface area (Å²) in [6, 6.07) is 2.13. The van der Waals surface area contributed by atoms with Gasteiger partial charge in [0.2, 0.25) is 11.9 Å². The first-order chi connectivity index (χ1) is 6.43. The van der Waals surface area contributed by atoms with Crippen LogP contribution in [-0.4, -0.2) is 19.9 Å². The minimum atomic E-state index is 0.393. The molecule has 3 rings (SSSR count). The van der Waals surface area contributed by atoms with Crippen molar-refractivity contribution in [2.75, 3.05) is 19.9 Å². The molecule has 0 bridgehead atoms. The standard InChI is InChI=1S/C9H11NO2S/c1-2-10-4-6(1)8-3-7-9(13-8)12-5-11-7/h3,6,10H,1-2,4-5H2. The maximum absolute atomic E-state index is 5.31. The molecule has 0 radical (unpaired) electrons. The number of rotatable bonds is 1. The van der Waals surface area contributed by atoms with Gasteiger partial charge in [-0.05, 0) is 19.0 Å². The Morgan fingerprint density at radius 3 is 3.23 bits per heavy atom. The van der Waals surface area contributed by atoms with E-state index in [9.17, 15) is 0 Å². The van der Waals surface area contributed by atoms with Gasteiger partial charge in [-0.15, -0.1) is 0 Å². The van der Waals surface area contributed by atoms with Gasteiger partial charge in [-0.3, -0.25) is 0 Å². The molecule has 0 amide bonds. The minimum absolute atomic E-state index is 0.393. The number of hydrogen-bond acceptors (Lipinski definition) is 4. The van der Waals surface area contributed by atoms with Gasteiger partial charge < -0.3 is 14.8 Å². The fourth-order valence-electron chi connectivity index (χ4n) is 1.82. The third-order valence-electron chi connectivity index (χ3n) is 2.55. The molecule has 0 aliphatic carbocycles. The van der Waals surface area contributed by atoms with Crippen LogP contribution in [0.25, 0.3) is 0 Å². The first-order valence-corrected chi connectivity index (χ1v) is 5.35. The van der Waals surface area contributed by atoms with E-state index in [0.717, 1.165) is 23.9 Å². The fraction of sp³-hybridized carbons (Fsp3) is 0.556. The van der Waals surface area contributed by atoms with Crippen molar-refractivity contribution in [3.05, 3.63) is 10.9 Å². The van der Waals surface area contributed by atoms with Gasteiger partial charge >= 0.3 is 0 Å². The van der Waals surface area contributed by atoms with E-state index in [-0.39, 0.29) is 0 Å². The Hall–Kier alpha value is -0.740. The molecule has 70 valence electrons. The Labute approximate surface area is 80.7 Å². The largest absolute Gasteiger partial charge is 0.453 e. The zero-order valence-corrected chi connectivity index (χ0v) is 8.02. The van der Waals surface area contributed by atoms with Crippen molar-refractivity contribution in [2.45, 2.75) is 12.3 Å². The second-order valence-electron chi connectivity index (χ2n) is 3.40. The van der Waals surface area contributed by atoms with E-state index < -0.39 is 0 Å². The Morgan fingerprint density at radius 2 is 2.46 bits per heavy atom. The number of nitrogens with one attached hydrogen (secondary N) is 1. The van der Waals surface area contributed by atoms with Crippen molar-refractivity contribution < 1.29 is 9.47 Å². The Bertz CT molecular complexity index is 296. The monoisotopic (exact) mass is 197 g/mol. The summed E-state index contributed by atoms with van der Waals surface area (Å²) in [6.45, 7) is 2.62. The maximum atomic E-state index is 5.31. The van der Waals surface area contributed by atoms with Gasteiger partial charge in [0.1, 0.15) is 0 Å². The van der Waals surface area contributed by atoms with Crippen molar-refractivity contribution in [1.29, 1.82) is 0 Å². The van der Waals surface area contributed by atoms with Crippen molar-refractivity contribution in [3.63, 3.8) is 0 Å². The summed E-state index contributed by atoms with van der Waals surface area (Å²) < 4.78 is 10.6. The SMILES string of the molecule is c1c(C2CCNC2)sc2c1OCO2. The molecule has 0 saturated carbocycles. The Balaban J connectivity index is 1.88. The topological polar surface area (TPSA) is 30.5 Å². The van der Waals surface area contributed by atoms with Crippen molar-refractivity contribution >= 4 is 11.3 Å². The fourth-order valence-corrected chi connectivity index (χ4v) is 2.89. The second kappa shape index (κ2) is 2.89. The summed E-state index contributed by atoms with van der Waals surface area (Å²) in [5.41, 5.74) is 0. The Kier molecular flexibility index (Phi) is 1.70. The lowest BCUT2D eigenvalue weighted by Gasteiger charge is -2.03. The van der Waals surface area contributed by atoms with Gasteiger partial charge in [-0.1, -0.05) is 11.3 Å². The lowest BCUT2D eigenvalue weighted by Crippen LogP contribution is -2.07. The highest BCUT2D eigenvalue weighted by Crippen LogP contribution is 2.44. The highest BCUT2D eigenvalue weighted by molar-refractivity contribution is 7.14. The van der Waals surface area contributed by atoms with E-state index in [0.29, 0.717) is 12.7 Å². The first-order valence-electron chi connectivity index (χ1n) is 4.53. The van der Waals surface area contributed by atoms with Crippen LogP contribution in [0, 0.1) is 0 Å². The molecular weight excluding hydrogens is 186 g/mol. The quantitative estimate of drug-likeness (QED) is 0.741. The van der Waals surface area contributed by atoms with Gasteiger partial charge in [0, 0.05) is 17.3 Å². The van der Waals surface area contributed by atoms with Crippen LogP contribution in [0.4, 0.5) is 0 Å². The number of hydrogen-bond donors (Lipinski definition) is 1. The van der Waals surface area contributed by atoms with E-state index in [4.69, 9.17) is 9.47 Å². The summed E-state index contributed by atoms with van der Waals surface area (Å²) in [6.07, 6.45) is 1.24. The molecule has 4 heteroatoms. The first kappa shape index (κ1) is 7.64. The predicted molar refractivity (Wildman–Crippen MR) is 50.7 cm³/mol. The van der Waals surface area contributed by atoms with E-state index in [1.54, 1.807) is 11.3 Å². The summed E-state index contributed by atoms with van der Waals surface area (Å²) >= 11 is 1.73. The summed E-state index contributed by atoms with van der Waals surface area (Å²) in [4.78, 5) is 1.40. The van der Waals surface area contributed by atoms with Crippen LogP contribution in [0.15, 0.2) is 6.07 Å². The van der Waals surface area contributed by atoms with Crippen LogP contribution in [-0.2, 0) is 0 Å². The molecule has 1 aromatic heterocycles. The van der Waals surface area contributed by atoms with E-state index in [1.807, 2.05) is 0 Å². The highest BCUT2D eigenvalue weighted by Gasteiger charge is 2.24. The van der Waals surface area contributed by atoms with Crippen LogP contribution in [0.3, 0.4) is 0 Å². The van der Waals surface area contributed by atoms with Crippen LogP contribution >= 0.6 is 11.3 Å². The summed E-state index contributed by atoms with van der Waals surface area (Å²) in [5, 5.41) is 4.32. The van der Waals surface area contributed by atoms with Gasteiger partial charge in [0.25, 0.3) is 0 Å². The second-order valence-corrected chi connectivity index (χ2v) is 4.44. The van der Waals surface area contributed by atoms with Gasteiger partial charge in [-0.25, -0.2) is 0 Å². The molecular formula is C9H11NO2S. The molecule has 13 heavy (non-hydrogen) atoms. The smallest absolute Gasteiger partial charge is 0.232 e. The molecule has 1 unspecified atom stereocenters. The third kappa shape index (κ3) is 1.21. The molecule has 0 spiro atoms. The van der Waals surface area contributed by atoms with Crippen LogP contribution in [0.1, 0.15) is 17.2 Å². The molecule has 0 aromatic carbocycles. The van der Waals surface area contributed by atoms with E-state index in [1.165, 1.54) is 11.3 Å². The maximum Gasteiger partial charge on any atom is 0.232 e. The van der Waals surface area contributed by atoms with Crippen LogP contribution < -0.4 is 14.8 Å². The lowest BCUT2D eigenvalue weighted by atomic mass is 10.1. The van der Waals surface area contributed by atoms with Gasteiger partial charge in [0.05, 0.1) is 0 Å². The van der Waals surface area contributed by atoms with Crippen molar-refractivity contribution in [3.8, 4) is 10.8 Å². The molecule has 1 N–H and O–H groups in total. The van der Waals surface area contributed by atoms with Crippen LogP contribution in [0.2, 0.25) is 0 Å². The van der Waals surface area contributed by atoms with Crippen LogP contribution in [0.5, 0.6) is 10.8 Å². The zero-order chi connectivity index (χ0) is 8.67. The number of ether oxygens (including phenoxy) is 2. The van der Waals surface area contributed by atoms with Gasteiger partial charge in [0.15, 0.2) is 5.75 Å². The lowest BCUT2D eigenvalue weighted by molar-refractivity contribution is 0.175. The average molecular weight is 197 g/mol. The molecule has 2 aliphatic heterocycles. The predicted octanol–water partition coefficient (Wildman–Crippen LogP) is 1.55. The third-order valence-corrected chi connectivity index (χ3v) is 3.74. The average Bonchev–Trinajstić information content (AvgIpc) is 2.78. The summed E-state index contributed by atoms with van der Waals surface area (Å²) in [7, 11) is 0. The zero-order valence-electron chi connectivity index (χ0n) is 7.21. The van der Waals surface area contributed by atoms with Crippen molar-refractivity contribution in [2.24, 2.45) is 0 Å². The minimum Gasteiger partial charge on any atom is -0.453 e. The number of fused-ring (bicyclic) bond motifs is 1. The molecule has 1 saturated heterocycles. The van der Waals surface area contributed by atoms with Crippen molar-refractivity contribution in [1.82, 2.24) is 5.32 Å².